The fourth-order valence-corrected chi connectivity index (χ4v) is 4.82. The number of rotatable bonds is 4. The van der Waals surface area contributed by atoms with Gasteiger partial charge < -0.3 is 4.74 Å². The third-order valence-electron chi connectivity index (χ3n) is 6.19. The van der Waals surface area contributed by atoms with Crippen molar-refractivity contribution in [3.63, 3.8) is 0 Å². The van der Waals surface area contributed by atoms with Gasteiger partial charge in [-0.1, -0.05) is 84.4 Å². The van der Waals surface area contributed by atoms with Crippen LogP contribution in [0.2, 0.25) is 0 Å². The number of fused-ring (bicyclic) bond motifs is 3. The predicted octanol–water partition coefficient (Wildman–Crippen LogP) is 5.88. The zero-order valence-corrected chi connectivity index (χ0v) is 16.5. The van der Waals surface area contributed by atoms with E-state index in [0.29, 0.717) is 6.61 Å². The maximum Gasteiger partial charge on any atom is 0.410 e. The maximum atomic E-state index is 12.7. The van der Waals surface area contributed by atoms with Gasteiger partial charge in [0.1, 0.15) is 6.61 Å². The van der Waals surface area contributed by atoms with Crippen LogP contribution in [-0.2, 0) is 17.8 Å². The van der Waals surface area contributed by atoms with E-state index in [1.54, 1.807) is 0 Å². The van der Waals surface area contributed by atoms with Crippen molar-refractivity contribution in [2.24, 2.45) is 0 Å². The van der Waals surface area contributed by atoms with Gasteiger partial charge in [-0.3, -0.25) is 4.90 Å². The van der Waals surface area contributed by atoms with Crippen molar-refractivity contribution >= 4 is 16.9 Å². The lowest BCUT2D eigenvalue weighted by Crippen LogP contribution is -2.43. The van der Waals surface area contributed by atoms with Crippen molar-refractivity contribution in [1.29, 1.82) is 0 Å². The fourth-order valence-electron chi connectivity index (χ4n) is 4.82. The third-order valence-corrected chi connectivity index (χ3v) is 6.19. The molecule has 2 heterocycles. The molecule has 0 saturated carbocycles. The molecule has 2 unspecified atom stereocenters. The second kappa shape index (κ2) is 7.75. The summed E-state index contributed by atoms with van der Waals surface area (Å²) >= 11 is 0. The first-order chi connectivity index (χ1) is 14.3. The molecule has 0 radical (unpaired) electrons. The van der Waals surface area contributed by atoms with Crippen molar-refractivity contribution in [2.45, 2.75) is 44.4 Å². The van der Waals surface area contributed by atoms with Crippen LogP contribution in [-0.4, -0.2) is 23.1 Å². The number of carbonyl (C=O) groups excluding carboxylic acids is 1. The van der Waals surface area contributed by atoms with Crippen molar-refractivity contribution in [3.8, 4) is 0 Å². The Kier molecular flexibility index (Phi) is 4.81. The topological polar surface area (TPSA) is 29.5 Å². The van der Waals surface area contributed by atoms with E-state index in [0.717, 1.165) is 31.2 Å². The van der Waals surface area contributed by atoms with Crippen LogP contribution >= 0.6 is 0 Å². The highest BCUT2D eigenvalue weighted by molar-refractivity contribution is 5.86. The summed E-state index contributed by atoms with van der Waals surface area (Å²) in [5, 5.41) is 2.61. The van der Waals surface area contributed by atoms with Gasteiger partial charge in [-0.05, 0) is 47.6 Å². The average Bonchev–Trinajstić information content (AvgIpc) is 3.03. The molecule has 3 aromatic rings. The van der Waals surface area contributed by atoms with E-state index in [9.17, 15) is 4.79 Å². The standard InChI is InChI=1S/C26H25NO2/c28-26(29-18-19-7-2-1-3-8-19)27-23-13-14-24(27)17-20(16-23)15-22-11-6-10-21-9-4-5-12-25(21)22/h1-12,16,23-24H,13-15,17-18H2. The Bertz CT molecular complexity index is 1050. The number of ether oxygens (including phenoxy) is 1. The zero-order valence-electron chi connectivity index (χ0n) is 16.5. The summed E-state index contributed by atoms with van der Waals surface area (Å²) in [6, 6.07) is 25.4. The van der Waals surface area contributed by atoms with Crippen LogP contribution in [0.4, 0.5) is 4.79 Å². The Balaban J connectivity index is 1.30. The summed E-state index contributed by atoms with van der Waals surface area (Å²) in [6.45, 7) is 0.336. The predicted molar refractivity (Wildman–Crippen MR) is 116 cm³/mol. The first kappa shape index (κ1) is 18.0. The minimum absolute atomic E-state index is 0.169. The summed E-state index contributed by atoms with van der Waals surface area (Å²) in [5.41, 5.74) is 3.84. The molecule has 5 rings (SSSR count). The van der Waals surface area contributed by atoms with E-state index < -0.39 is 0 Å². The largest absolute Gasteiger partial charge is 0.445 e. The minimum atomic E-state index is -0.179. The van der Waals surface area contributed by atoms with Crippen LogP contribution in [0.3, 0.4) is 0 Å². The third kappa shape index (κ3) is 3.65. The van der Waals surface area contributed by atoms with E-state index in [2.05, 4.69) is 48.5 Å². The summed E-state index contributed by atoms with van der Waals surface area (Å²) in [4.78, 5) is 14.7. The van der Waals surface area contributed by atoms with Crippen LogP contribution < -0.4 is 0 Å². The second-order valence-corrected chi connectivity index (χ2v) is 8.09. The Labute approximate surface area is 171 Å². The molecule has 3 nitrogen and oxygen atoms in total. The molecule has 0 aromatic heterocycles. The van der Waals surface area contributed by atoms with Crippen molar-refractivity contribution in [2.75, 3.05) is 0 Å². The van der Waals surface area contributed by atoms with Crippen LogP contribution in [0, 0.1) is 0 Å². The van der Waals surface area contributed by atoms with Crippen LogP contribution in [0.15, 0.2) is 84.4 Å². The highest BCUT2D eigenvalue weighted by atomic mass is 16.6. The van der Waals surface area contributed by atoms with E-state index in [-0.39, 0.29) is 18.2 Å². The van der Waals surface area contributed by atoms with E-state index >= 15 is 0 Å². The zero-order chi connectivity index (χ0) is 19.6. The molecule has 0 N–H and O–H groups in total. The normalized spacial score (nSPS) is 20.6. The molecule has 146 valence electrons. The Morgan fingerprint density at radius 1 is 0.931 bits per heavy atom. The van der Waals surface area contributed by atoms with E-state index in [1.807, 2.05) is 35.2 Å². The minimum Gasteiger partial charge on any atom is -0.445 e. The summed E-state index contributed by atoms with van der Waals surface area (Å²) in [6.07, 6.45) is 6.13. The SMILES string of the molecule is O=C(OCc1ccccc1)N1C2C=C(Cc3cccc4ccccc34)CC1CC2. The van der Waals surface area contributed by atoms with Gasteiger partial charge in [0.25, 0.3) is 0 Å². The van der Waals surface area contributed by atoms with Crippen molar-refractivity contribution < 1.29 is 9.53 Å². The molecular formula is C26H25NO2. The van der Waals surface area contributed by atoms with Gasteiger partial charge in [0.2, 0.25) is 0 Å². The first-order valence-corrected chi connectivity index (χ1v) is 10.4. The molecular weight excluding hydrogens is 358 g/mol. The second-order valence-electron chi connectivity index (χ2n) is 8.09. The molecule has 0 aliphatic carbocycles. The molecule has 1 fully saturated rings. The number of amides is 1. The molecule has 29 heavy (non-hydrogen) atoms. The molecule has 2 aliphatic heterocycles. The fraction of sp³-hybridized carbons (Fsp3) is 0.269. The average molecular weight is 383 g/mol. The Hall–Kier alpha value is -3.07. The van der Waals surface area contributed by atoms with Gasteiger partial charge >= 0.3 is 6.09 Å². The van der Waals surface area contributed by atoms with Gasteiger partial charge in [-0.2, -0.15) is 0 Å². The summed E-state index contributed by atoms with van der Waals surface area (Å²) in [5.74, 6) is 0. The van der Waals surface area contributed by atoms with E-state index in [4.69, 9.17) is 4.74 Å². The quantitative estimate of drug-likeness (QED) is 0.526. The molecule has 1 saturated heterocycles. The van der Waals surface area contributed by atoms with Crippen LogP contribution in [0.1, 0.15) is 30.4 Å². The molecule has 3 aromatic carbocycles. The highest BCUT2D eigenvalue weighted by Crippen LogP contribution is 2.37. The van der Waals surface area contributed by atoms with Crippen molar-refractivity contribution in [3.05, 3.63) is 95.6 Å². The van der Waals surface area contributed by atoms with Gasteiger partial charge in [0, 0.05) is 6.04 Å². The molecule has 2 aliphatic rings. The smallest absolute Gasteiger partial charge is 0.410 e. The molecule has 2 atom stereocenters. The Morgan fingerprint density at radius 2 is 1.72 bits per heavy atom. The lowest BCUT2D eigenvalue weighted by Gasteiger charge is -2.33. The molecule has 1 amide bonds. The monoisotopic (exact) mass is 383 g/mol. The Morgan fingerprint density at radius 3 is 2.59 bits per heavy atom. The van der Waals surface area contributed by atoms with E-state index in [1.165, 1.54) is 21.9 Å². The van der Waals surface area contributed by atoms with Gasteiger partial charge in [-0.25, -0.2) is 4.79 Å². The number of hydrogen-bond acceptors (Lipinski definition) is 2. The van der Waals surface area contributed by atoms with Gasteiger partial charge in [-0.15, -0.1) is 0 Å². The van der Waals surface area contributed by atoms with Crippen LogP contribution in [0.25, 0.3) is 10.8 Å². The first-order valence-electron chi connectivity index (χ1n) is 10.4. The lowest BCUT2D eigenvalue weighted by atomic mass is 9.93. The highest BCUT2D eigenvalue weighted by Gasteiger charge is 2.40. The number of carbonyl (C=O) groups is 1. The molecule has 2 bridgehead atoms. The van der Waals surface area contributed by atoms with Crippen LogP contribution in [0.5, 0.6) is 0 Å². The van der Waals surface area contributed by atoms with Crippen molar-refractivity contribution in [1.82, 2.24) is 4.90 Å². The number of nitrogens with zero attached hydrogens (tertiary/aromatic N) is 1. The lowest BCUT2D eigenvalue weighted by molar-refractivity contribution is 0.0816. The van der Waals surface area contributed by atoms with Gasteiger partial charge in [0.05, 0.1) is 6.04 Å². The maximum absolute atomic E-state index is 12.7. The number of hydrogen-bond donors (Lipinski definition) is 0. The van der Waals surface area contributed by atoms with Gasteiger partial charge in [0.15, 0.2) is 0 Å². The summed E-state index contributed by atoms with van der Waals surface area (Å²) < 4.78 is 5.62. The molecule has 0 spiro atoms. The summed E-state index contributed by atoms with van der Waals surface area (Å²) in [7, 11) is 0. The number of benzene rings is 3. The molecule has 3 heteroatoms.